The van der Waals surface area contributed by atoms with Gasteiger partial charge in [0.25, 0.3) is 0 Å². The van der Waals surface area contributed by atoms with Gasteiger partial charge in [0.2, 0.25) is 0 Å². The highest BCUT2D eigenvalue weighted by Gasteiger charge is 2.27. The molecule has 0 bridgehead atoms. The van der Waals surface area contributed by atoms with Gasteiger partial charge in [0, 0.05) is 18.1 Å². The summed E-state index contributed by atoms with van der Waals surface area (Å²) in [6.07, 6.45) is 4.03. The van der Waals surface area contributed by atoms with Gasteiger partial charge in [-0.1, -0.05) is 13.3 Å². The highest BCUT2D eigenvalue weighted by Crippen LogP contribution is 2.35. The number of hydrogen-bond donors (Lipinski definition) is 1. The average Bonchev–Trinajstić information content (AvgIpc) is 2.19. The summed E-state index contributed by atoms with van der Waals surface area (Å²) < 4.78 is 5.08. The summed E-state index contributed by atoms with van der Waals surface area (Å²) in [5.74, 6) is 2.75. The maximum absolute atomic E-state index is 5.80. The first-order chi connectivity index (χ1) is 6.77. The third-order valence-electron chi connectivity index (χ3n) is 3.11. The molecule has 3 atom stereocenters. The van der Waals surface area contributed by atoms with E-state index in [2.05, 4.69) is 18.7 Å². The molecule has 0 heterocycles. The summed E-state index contributed by atoms with van der Waals surface area (Å²) in [5.41, 5.74) is 5.80. The molecular weight excluding hydrogens is 194 g/mol. The summed E-state index contributed by atoms with van der Waals surface area (Å²) in [4.78, 5) is 0. The number of nitrogens with two attached hydrogens (primary N) is 1. The van der Waals surface area contributed by atoms with E-state index in [1.807, 2.05) is 0 Å². The summed E-state index contributed by atoms with van der Waals surface area (Å²) in [6.45, 7) is 4.08. The Kier molecular flexibility index (Phi) is 5.90. The minimum Gasteiger partial charge on any atom is -0.384 e. The fourth-order valence-corrected chi connectivity index (χ4v) is 3.70. The van der Waals surface area contributed by atoms with Crippen LogP contribution in [0, 0.1) is 11.8 Å². The Balaban J connectivity index is 2.29. The summed E-state index contributed by atoms with van der Waals surface area (Å²) in [6, 6.07) is 0. The van der Waals surface area contributed by atoms with Crippen LogP contribution in [0.1, 0.15) is 26.2 Å². The molecule has 0 amide bonds. The molecule has 0 radical (unpaired) electrons. The van der Waals surface area contributed by atoms with Crippen molar-refractivity contribution in [2.45, 2.75) is 31.4 Å². The molecule has 0 aromatic carbocycles. The topological polar surface area (TPSA) is 35.2 Å². The quantitative estimate of drug-likeness (QED) is 0.717. The van der Waals surface area contributed by atoms with Crippen LogP contribution in [0.5, 0.6) is 0 Å². The maximum Gasteiger partial charge on any atom is 0.0553 e. The Labute approximate surface area is 92.0 Å². The molecule has 1 fully saturated rings. The second-order valence-corrected chi connectivity index (χ2v) is 5.66. The van der Waals surface area contributed by atoms with Crippen molar-refractivity contribution >= 4 is 11.8 Å². The highest BCUT2D eigenvalue weighted by molar-refractivity contribution is 7.99. The van der Waals surface area contributed by atoms with E-state index in [0.29, 0.717) is 0 Å². The lowest BCUT2D eigenvalue weighted by molar-refractivity contribution is 0.218. The molecule has 3 unspecified atom stereocenters. The minimum absolute atomic E-state index is 0.744. The first-order valence-corrected chi connectivity index (χ1v) is 6.63. The number of ether oxygens (including phenoxy) is 1. The van der Waals surface area contributed by atoms with Gasteiger partial charge in [-0.2, -0.15) is 11.8 Å². The molecule has 1 aliphatic rings. The number of thioether (sulfide) groups is 1. The van der Waals surface area contributed by atoms with E-state index in [1.165, 1.54) is 19.3 Å². The first-order valence-electron chi connectivity index (χ1n) is 5.58. The van der Waals surface area contributed by atoms with Crippen molar-refractivity contribution < 1.29 is 4.74 Å². The first kappa shape index (κ1) is 12.3. The maximum atomic E-state index is 5.80. The smallest absolute Gasteiger partial charge is 0.0553 e. The normalized spacial score (nSPS) is 33.2. The lowest BCUT2D eigenvalue weighted by atomic mass is 9.82. The lowest BCUT2D eigenvalue weighted by Gasteiger charge is -2.33. The van der Waals surface area contributed by atoms with Crippen molar-refractivity contribution in [3.8, 4) is 0 Å². The second kappa shape index (κ2) is 6.70. The van der Waals surface area contributed by atoms with Crippen LogP contribution in [0.25, 0.3) is 0 Å². The molecule has 84 valence electrons. The molecule has 2 N–H and O–H groups in total. The molecule has 2 nitrogen and oxygen atoms in total. The van der Waals surface area contributed by atoms with Crippen LogP contribution in [0.15, 0.2) is 0 Å². The van der Waals surface area contributed by atoms with Gasteiger partial charge >= 0.3 is 0 Å². The van der Waals surface area contributed by atoms with Crippen molar-refractivity contribution in [3.63, 3.8) is 0 Å². The summed E-state index contributed by atoms with van der Waals surface area (Å²) in [7, 11) is 1.77. The van der Waals surface area contributed by atoms with E-state index < -0.39 is 0 Å². The fraction of sp³-hybridized carbons (Fsp3) is 1.00. The van der Waals surface area contributed by atoms with Gasteiger partial charge in [0.15, 0.2) is 0 Å². The zero-order chi connectivity index (χ0) is 10.4. The zero-order valence-electron chi connectivity index (χ0n) is 9.37. The highest BCUT2D eigenvalue weighted by atomic mass is 32.2. The van der Waals surface area contributed by atoms with Gasteiger partial charge in [-0.15, -0.1) is 0 Å². The number of methoxy groups -OCH3 is 1. The average molecular weight is 217 g/mol. The van der Waals surface area contributed by atoms with E-state index >= 15 is 0 Å². The van der Waals surface area contributed by atoms with Crippen molar-refractivity contribution in [2.75, 3.05) is 26.0 Å². The molecule has 0 aromatic rings. The zero-order valence-corrected chi connectivity index (χ0v) is 10.2. The van der Waals surface area contributed by atoms with Crippen LogP contribution in [0.2, 0.25) is 0 Å². The van der Waals surface area contributed by atoms with Crippen molar-refractivity contribution in [1.82, 2.24) is 0 Å². The fourth-order valence-electron chi connectivity index (χ4n) is 2.15. The molecule has 1 saturated carbocycles. The molecule has 1 rings (SSSR count). The Morgan fingerprint density at radius 2 is 2.21 bits per heavy atom. The molecule has 3 heteroatoms. The Hall–Kier alpha value is 0.270. The van der Waals surface area contributed by atoms with Crippen LogP contribution in [-0.4, -0.2) is 31.3 Å². The van der Waals surface area contributed by atoms with Gasteiger partial charge in [-0.25, -0.2) is 0 Å². The minimum atomic E-state index is 0.744. The molecule has 14 heavy (non-hydrogen) atoms. The van der Waals surface area contributed by atoms with Gasteiger partial charge < -0.3 is 10.5 Å². The van der Waals surface area contributed by atoms with Gasteiger partial charge in [-0.3, -0.25) is 0 Å². The van der Waals surface area contributed by atoms with Crippen LogP contribution in [0.4, 0.5) is 0 Å². The van der Waals surface area contributed by atoms with Crippen LogP contribution in [0.3, 0.4) is 0 Å². The lowest BCUT2D eigenvalue weighted by Crippen LogP contribution is -2.32. The molecule has 0 aromatic heterocycles. The molecule has 0 spiro atoms. The predicted molar refractivity (Wildman–Crippen MR) is 63.7 cm³/mol. The van der Waals surface area contributed by atoms with E-state index in [9.17, 15) is 0 Å². The Bertz CT molecular complexity index is 154. The number of rotatable bonds is 5. The van der Waals surface area contributed by atoms with Gasteiger partial charge in [-0.05, 0) is 31.2 Å². The van der Waals surface area contributed by atoms with Gasteiger partial charge in [0.1, 0.15) is 0 Å². The summed E-state index contributed by atoms with van der Waals surface area (Å²) >= 11 is 2.05. The molecule has 0 saturated heterocycles. The van der Waals surface area contributed by atoms with E-state index in [4.69, 9.17) is 10.5 Å². The van der Waals surface area contributed by atoms with Crippen molar-refractivity contribution in [3.05, 3.63) is 0 Å². The second-order valence-electron chi connectivity index (χ2n) is 4.32. The predicted octanol–water partition coefficient (Wildman–Crippen LogP) is 2.13. The third-order valence-corrected chi connectivity index (χ3v) is 4.52. The Morgan fingerprint density at radius 3 is 2.86 bits per heavy atom. The Morgan fingerprint density at radius 1 is 1.43 bits per heavy atom. The standard InChI is InChI=1S/C11H23NOS/c1-9-3-4-10(8-12)11(7-9)14-6-5-13-2/h9-11H,3-8,12H2,1-2H3. The SMILES string of the molecule is COCCSC1CC(C)CCC1CN. The van der Waals surface area contributed by atoms with Crippen molar-refractivity contribution in [1.29, 1.82) is 0 Å². The van der Waals surface area contributed by atoms with Crippen LogP contribution < -0.4 is 5.73 Å². The van der Waals surface area contributed by atoms with E-state index in [1.54, 1.807) is 7.11 Å². The third kappa shape index (κ3) is 3.79. The largest absolute Gasteiger partial charge is 0.384 e. The molecule has 1 aliphatic carbocycles. The van der Waals surface area contributed by atoms with E-state index in [0.717, 1.165) is 36.0 Å². The van der Waals surface area contributed by atoms with Crippen LogP contribution in [-0.2, 0) is 4.74 Å². The number of hydrogen-bond acceptors (Lipinski definition) is 3. The molecular formula is C11H23NOS. The van der Waals surface area contributed by atoms with Crippen molar-refractivity contribution in [2.24, 2.45) is 17.6 Å². The van der Waals surface area contributed by atoms with E-state index in [-0.39, 0.29) is 0 Å². The van der Waals surface area contributed by atoms with Gasteiger partial charge in [0.05, 0.1) is 6.61 Å². The monoisotopic (exact) mass is 217 g/mol. The molecule has 0 aliphatic heterocycles. The van der Waals surface area contributed by atoms with Crippen LogP contribution >= 0.6 is 11.8 Å². The summed E-state index contributed by atoms with van der Waals surface area (Å²) in [5, 5.41) is 0.777.